The number of carbonyl (C=O) groups is 1. The summed E-state index contributed by atoms with van der Waals surface area (Å²) in [5, 5.41) is 13.4. The van der Waals surface area contributed by atoms with Gasteiger partial charge in [0.1, 0.15) is 4.92 Å². The van der Waals surface area contributed by atoms with E-state index in [0.29, 0.717) is 12.1 Å². The van der Waals surface area contributed by atoms with E-state index in [9.17, 15) is 14.9 Å². The molecule has 0 fully saturated rings. The first-order valence-electron chi connectivity index (χ1n) is 7.31. The van der Waals surface area contributed by atoms with E-state index in [-0.39, 0.29) is 5.76 Å². The van der Waals surface area contributed by atoms with E-state index in [0.717, 1.165) is 17.2 Å². The van der Waals surface area contributed by atoms with Crippen LogP contribution in [0.3, 0.4) is 0 Å². The van der Waals surface area contributed by atoms with E-state index in [1.807, 2.05) is 48.5 Å². The van der Waals surface area contributed by atoms with Crippen LogP contribution in [0, 0.1) is 10.1 Å². The molecule has 0 aliphatic heterocycles. The number of nitro groups is 1. The standard InChI is InChI=1S/C18H14N2O4/c21-18(16-10-11-17(24-16)20(22)23)19-15-9-5-4-8-14(15)12-13-6-2-1-3-7-13/h1-11H,12H2,(H,19,21). The number of amides is 1. The molecule has 0 saturated carbocycles. The van der Waals surface area contributed by atoms with Crippen LogP contribution in [0.4, 0.5) is 11.6 Å². The number of hydrogen-bond acceptors (Lipinski definition) is 4. The van der Waals surface area contributed by atoms with E-state index in [2.05, 4.69) is 5.32 Å². The minimum absolute atomic E-state index is 0.101. The molecule has 6 nitrogen and oxygen atoms in total. The molecule has 0 atom stereocenters. The van der Waals surface area contributed by atoms with Crippen LogP contribution in [0.25, 0.3) is 0 Å². The van der Waals surface area contributed by atoms with Crippen LogP contribution in [0.2, 0.25) is 0 Å². The maximum Gasteiger partial charge on any atom is 0.433 e. The fourth-order valence-corrected chi connectivity index (χ4v) is 2.34. The molecule has 1 amide bonds. The van der Waals surface area contributed by atoms with E-state index in [1.165, 1.54) is 6.07 Å². The Bertz CT molecular complexity index is 871. The smallest absolute Gasteiger partial charge is 0.395 e. The average molecular weight is 322 g/mol. The van der Waals surface area contributed by atoms with Crippen LogP contribution in [-0.2, 0) is 6.42 Å². The number of benzene rings is 2. The lowest BCUT2D eigenvalue weighted by molar-refractivity contribution is -0.402. The number of hydrogen-bond donors (Lipinski definition) is 1. The molecule has 0 unspecified atom stereocenters. The Morgan fingerprint density at radius 2 is 1.71 bits per heavy atom. The van der Waals surface area contributed by atoms with E-state index < -0.39 is 16.7 Å². The summed E-state index contributed by atoms with van der Waals surface area (Å²) in [5.74, 6) is -1.09. The SMILES string of the molecule is O=C(Nc1ccccc1Cc1ccccc1)c1ccc([N+](=O)[O-])o1. The highest BCUT2D eigenvalue weighted by Crippen LogP contribution is 2.21. The Morgan fingerprint density at radius 1 is 1.00 bits per heavy atom. The summed E-state index contributed by atoms with van der Waals surface area (Å²) in [6.07, 6.45) is 0.662. The van der Waals surface area contributed by atoms with Crippen molar-refractivity contribution in [3.63, 3.8) is 0 Å². The number of anilines is 1. The molecule has 0 radical (unpaired) electrons. The minimum atomic E-state index is -0.680. The van der Waals surface area contributed by atoms with Crippen LogP contribution in [-0.4, -0.2) is 10.8 Å². The summed E-state index contributed by atoms with van der Waals surface area (Å²) in [7, 11) is 0. The quantitative estimate of drug-likeness (QED) is 0.567. The summed E-state index contributed by atoms with van der Waals surface area (Å²) < 4.78 is 4.93. The molecule has 2 aromatic carbocycles. The zero-order chi connectivity index (χ0) is 16.9. The van der Waals surface area contributed by atoms with Gasteiger partial charge >= 0.3 is 5.88 Å². The molecule has 1 heterocycles. The second-order valence-corrected chi connectivity index (χ2v) is 5.17. The second kappa shape index (κ2) is 6.78. The van der Waals surface area contributed by atoms with Gasteiger partial charge in [-0.25, -0.2) is 0 Å². The lowest BCUT2D eigenvalue weighted by Gasteiger charge is -2.10. The maximum absolute atomic E-state index is 12.2. The first-order valence-corrected chi connectivity index (χ1v) is 7.31. The topological polar surface area (TPSA) is 85.4 Å². The van der Waals surface area contributed by atoms with Gasteiger partial charge in [-0.05, 0) is 29.7 Å². The summed E-state index contributed by atoms with van der Waals surface area (Å²) in [6, 6.07) is 19.7. The summed E-state index contributed by atoms with van der Waals surface area (Å²) >= 11 is 0. The first-order chi connectivity index (χ1) is 11.6. The molecule has 1 N–H and O–H groups in total. The maximum atomic E-state index is 12.2. The van der Waals surface area contributed by atoms with Crippen LogP contribution in [0.1, 0.15) is 21.7 Å². The number of nitrogens with one attached hydrogen (secondary N) is 1. The molecule has 0 bridgehead atoms. The number of para-hydroxylation sites is 1. The van der Waals surface area contributed by atoms with Gasteiger partial charge in [0.15, 0.2) is 5.76 Å². The van der Waals surface area contributed by atoms with Crippen LogP contribution < -0.4 is 5.32 Å². The van der Waals surface area contributed by atoms with Crippen molar-refractivity contribution in [2.24, 2.45) is 0 Å². The summed E-state index contributed by atoms with van der Waals surface area (Å²) in [4.78, 5) is 22.2. The van der Waals surface area contributed by atoms with Gasteiger partial charge in [-0.1, -0.05) is 48.5 Å². The van der Waals surface area contributed by atoms with Crippen molar-refractivity contribution in [3.8, 4) is 0 Å². The van der Waals surface area contributed by atoms with Gasteiger partial charge in [-0.15, -0.1) is 0 Å². The Labute approximate surface area is 137 Å². The molecule has 24 heavy (non-hydrogen) atoms. The van der Waals surface area contributed by atoms with Crippen LogP contribution in [0.5, 0.6) is 0 Å². The van der Waals surface area contributed by atoms with Gasteiger partial charge in [0.2, 0.25) is 0 Å². The number of furan rings is 1. The molecular weight excluding hydrogens is 308 g/mol. The van der Waals surface area contributed by atoms with Crippen LogP contribution in [0.15, 0.2) is 71.1 Å². The molecule has 6 heteroatoms. The molecule has 0 spiro atoms. The average Bonchev–Trinajstić information content (AvgIpc) is 3.08. The normalized spacial score (nSPS) is 10.3. The first kappa shape index (κ1) is 15.5. The van der Waals surface area contributed by atoms with E-state index in [1.54, 1.807) is 6.07 Å². The summed E-state index contributed by atoms with van der Waals surface area (Å²) in [5.41, 5.74) is 2.70. The molecule has 0 aliphatic carbocycles. The highest BCUT2D eigenvalue weighted by atomic mass is 16.6. The molecule has 1 aromatic heterocycles. The number of carbonyl (C=O) groups excluding carboxylic acids is 1. The molecule has 120 valence electrons. The molecule has 0 aliphatic rings. The van der Waals surface area contributed by atoms with Gasteiger partial charge in [-0.2, -0.15) is 0 Å². The number of rotatable bonds is 5. The fourth-order valence-electron chi connectivity index (χ4n) is 2.34. The van der Waals surface area contributed by atoms with Crippen molar-refractivity contribution in [1.82, 2.24) is 0 Å². The Balaban J connectivity index is 1.79. The predicted octanol–water partition coefficient (Wildman–Crippen LogP) is 4.03. The van der Waals surface area contributed by atoms with Gasteiger partial charge in [0.25, 0.3) is 5.91 Å². The minimum Gasteiger partial charge on any atom is -0.395 e. The fraction of sp³-hybridized carbons (Fsp3) is 0.0556. The van der Waals surface area contributed by atoms with Crippen molar-refractivity contribution < 1.29 is 14.1 Å². The van der Waals surface area contributed by atoms with Crippen molar-refractivity contribution in [3.05, 3.63) is 93.7 Å². The van der Waals surface area contributed by atoms with Gasteiger partial charge in [0, 0.05) is 5.69 Å². The highest BCUT2D eigenvalue weighted by molar-refractivity contribution is 6.02. The van der Waals surface area contributed by atoms with Crippen molar-refractivity contribution in [1.29, 1.82) is 0 Å². The van der Waals surface area contributed by atoms with Crippen LogP contribution >= 0.6 is 0 Å². The predicted molar refractivity (Wildman–Crippen MR) is 89.0 cm³/mol. The van der Waals surface area contributed by atoms with Crippen molar-refractivity contribution in [2.75, 3.05) is 5.32 Å². The monoisotopic (exact) mass is 322 g/mol. The van der Waals surface area contributed by atoms with Gasteiger partial charge < -0.3 is 9.73 Å². The molecule has 3 rings (SSSR count). The summed E-state index contributed by atoms with van der Waals surface area (Å²) in [6.45, 7) is 0. The Hall–Kier alpha value is -3.41. The van der Waals surface area contributed by atoms with E-state index in [4.69, 9.17) is 4.42 Å². The third-order valence-corrected chi connectivity index (χ3v) is 3.50. The molecular formula is C18H14N2O4. The molecule has 3 aromatic rings. The number of nitrogens with zero attached hydrogens (tertiary/aromatic N) is 1. The van der Waals surface area contributed by atoms with Gasteiger partial charge in [-0.3, -0.25) is 14.9 Å². The van der Waals surface area contributed by atoms with Crippen molar-refractivity contribution in [2.45, 2.75) is 6.42 Å². The zero-order valence-electron chi connectivity index (χ0n) is 12.6. The largest absolute Gasteiger partial charge is 0.433 e. The lowest BCUT2D eigenvalue weighted by atomic mass is 10.0. The van der Waals surface area contributed by atoms with Crippen molar-refractivity contribution >= 4 is 17.5 Å². The third-order valence-electron chi connectivity index (χ3n) is 3.50. The zero-order valence-corrected chi connectivity index (χ0v) is 12.6. The Kier molecular flexibility index (Phi) is 4.38. The Morgan fingerprint density at radius 3 is 2.42 bits per heavy atom. The second-order valence-electron chi connectivity index (χ2n) is 5.17. The molecule has 0 saturated heterocycles. The van der Waals surface area contributed by atoms with Gasteiger partial charge in [0.05, 0.1) is 6.07 Å². The lowest BCUT2D eigenvalue weighted by Crippen LogP contribution is -2.12. The third kappa shape index (κ3) is 3.49. The highest BCUT2D eigenvalue weighted by Gasteiger charge is 2.18. The van der Waals surface area contributed by atoms with E-state index >= 15 is 0 Å².